The molecule has 2 rings (SSSR count). The molecule has 18 heavy (non-hydrogen) atoms. The van der Waals surface area contributed by atoms with Crippen LogP contribution in [0.2, 0.25) is 0 Å². The van der Waals surface area contributed by atoms with E-state index in [1.807, 2.05) is 12.1 Å². The summed E-state index contributed by atoms with van der Waals surface area (Å²) in [6, 6.07) is 4.02. The molecule has 0 fully saturated rings. The second kappa shape index (κ2) is 4.90. The lowest BCUT2D eigenvalue weighted by molar-refractivity contribution is -0.125. The monoisotopic (exact) mass is 312 g/mol. The number of carbonyl (C=O) groups excluding carboxylic acids is 1. The molecule has 1 heterocycles. The lowest BCUT2D eigenvalue weighted by Gasteiger charge is -2.32. The first-order valence-corrected chi connectivity index (χ1v) is 6.72. The van der Waals surface area contributed by atoms with E-state index in [1.165, 1.54) is 0 Å². The number of halogens is 1. The van der Waals surface area contributed by atoms with Gasteiger partial charge in [-0.1, -0.05) is 13.8 Å². The molecule has 0 spiro atoms. The fraction of sp³-hybridized carbons (Fsp3) is 0.462. The van der Waals surface area contributed by atoms with Gasteiger partial charge in [0.25, 0.3) is 5.91 Å². The molecule has 1 aliphatic heterocycles. The van der Waals surface area contributed by atoms with Crippen LogP contribution in [0.25, 0.3) is 0 Å². The van der Waals surface area contributed by atoms with Crippen molar-refractivity contribution in [3.63, 3.8) is 0 Å². The van der Waals surface area contributed by atoms with E-state index >= 15 is 0 Å². The van der Waals surface area contributed by atoms with E-state index in [1.54, 1.807) is 11.9 Å². The van der Waals surface area contributed by atoms with Crippen molar-refractivity contribution < 1.29 is 9.53 Å². The Morgan fingerprint density at radius 1 is 1.50 bits per heavy atom. The highest BCUT2D eigenvalue weighted by Crippen LogP contribution is 2.41. The van der Waals surface area contributed by atoms with E-state index in [9.17, 15) is 4.79 Å². The Balaban J connectivity index is 2.53. The number of carbonyl (C=O) groups is 1. The first-order chi connectivity index (χ1) is 8.45. The first kappa shape index (κ1) is 13.4. The largest absolute Gasteiger partial charge is 0.476 e. The second-order valence-corrected chi connectivity index (χ2v) is 5.60. The quantitative estimate of drug-likeness (QED) is 0.911. The maximum atomic E-state index is 12.0. The van der Waals surface area contributed by atoms with Crippen LogP contribution in [-0.4, -0.2) is 25.6 Å². The van der Waals surface area contributed by atoms with Crippen molar-refractivity contribution in [1.82, 2.24) is 0 Å². The highest BCUT2D eigenvalue weighted by Gasteiger charge is 2.32. The number of rotatable bonds is 2. The number of likely N-dealkylation sites (N-methyl/N-ethyl adjacent to an activating group) is 1. The third kappa shape index (κ3) is 2.12. The Morgan fingerprint density at radius 3 is 2.72 bits per heavy atom. The minimum atomic E-state index is -0.594. The summed E-state index contributed by atoms with van der Waals surface area (Å²) in [5.41, 5.74) is 7.51. The molecule has 0 aliphatic carbocycles. The third-order valence-corrected chi connectivity index (χ3v) is 3.74. The number of amides is 1. The molecule has 1 amide bonds. The van der Waals surface area contributed by atoms with Gasteiger partial charge in [0.05, 0.1) is 10.2 Å². The molecular formula is C13H17BrN2O2. The van der Waals surface area contributed by atoms with Crippen LogP contribution in [0.4, 0.5) is 5.69 Å². The molecule has 1 atom stereocenters. The van der Waals surface area contributed by atoms with Crippen LogP contribution in [0.15, 0.2) is 16.6 Å². The van der Waals surface area contributed by atoms with E-state index in [4.69, 9.17) is 10.5 Å². The molecule has 2 N–H and O–H groups in total. The zero-order valence-corrected chi connectivity index (χ0v) is 12.3. The van der Waals surface area contributed by atoms with Gasteiger partial charge in [-0.2, -0.15) is 0 Å². The van der Waals surface area contributed by atoms with Crippen LogP contribution in [0.5, 0.6) is 5.75 Å². The molecule has 0 aromatic heterocycles. The topological polar surface area (TPSA) is 55.6 Å². The Kier molecular flexibility index (Phi) is 3.64. The van der Waals surface area contributed by atoms with Gasteiger partial charge in [0.2, 0.25) is 0 Å². The van der Waals surface area contributed by atoms with Gasteiger partial charge in [0.1, 0.15) is 0 Å². The molecule has 1 aromatic carbocycles. The molecule has 0 saturated carbocycles. The molecule has 1 unspecified atom stereocenters. The highest BCUT2D eigenvalue weighted by molar-refractivity contribution is 9.10. The maximum Gasteiger partial charge on any atom is 0.269 e. The number of nitrogens with zero attached hydrogens (tertiary/aromatic N) is 1. The number of nitrogens with two attached hydrogens (primary N) is 1. The van der Waals surface area contributed by atoms with Crippen LogP contribution in [-0.2, 0) is 4.79 Å². The molecule has 0 bridgehead atoms. The van der Waals surface area contributed by atoms with E-state index < -0.39 is 6.10 Å². The summed E-state index contributed by atoms with van der Waals surface area (Å²) < 4.78 is 6.53. The smallest absolute Gasteiger partial charge is 0.269 e. The summed E-state index contributed by atoms with van der Waals surface area (Å²) >= 11 is 3.50. The van der Waals surface area contributed by atoms with Crippen molar-refractivity contribution in [3.8, 4) is 5.75 Å². The molecule has 0 radical (unpaired) electrons. The van der Waals surface area contributed by atoms with E-state index in [0.29, 0.717) is 11.7 Å². The number of benzene rings is 1. The average Bonchev–Trinajstić information content (AvgIpc) is 2.33. The first-order valence-electron chi connectivity index (χ1n) is 5.93. The summed E-state index contributed by atoms with van der Waals surface area (Å²) in [7, 11) is 1.75. The summed E-state index contributed by atoms with van der Waals surface area (Å²) in [5, 5.41) is 0. The number of anilines is 1. The maximum absolute atomic E-state index is 12.0. The number of hydrogen-bond acceptors (Lipinski definition) is 3. The molecule has 98 valence electrons. The molecule has 1 aliphatic rings. The Bertz CT molecular complexity index is 488. The molecule has 1 aromatic rings. The van der Waals surface area contributed by atoms with Gasteiger partial charge in [-0.25, -0.2) is 0 Å². The van der Waals surface area contributed by atoms with Crippen LogP contribution in [0.3, 0.4) is 0 Å². The Labute approximate surface area is 115 Å². The van der Waals surface area contributed by atoms with Gasteiger partial charge in [0.15, 0.2) is 11.9 Å². The van der Waals surface area contributed by atoms with Crippen molar-refractivity contribution in [2.24, 2.45) is 5.73 Å². The van der Waals surface area contributed by atoms with Gasteiger partial charge in [-0.15, -0.1) is 0 Å². The van der Waals surface area contributed by atoms with Gasteiger partial charge in [0, 0.05) is 13.6 Å². The average molecular weight is 313 g/mol. The van der Waals surface area contributed by atoms with Gasteiger partial charge in [-0.3, -0.25) is 4.79 Å². The minimum Gasteiger partial charge on any atom is -0.476 e. The van der Waals surface area contributed by atoms with E-state index in [0.717, 1.165) is 15.7 Å². The zero-order chi connectivity index (χ0) is 13.4. The molecule has 0 saturated heterocycles. The lowest BCUT2D eigenvalue weighted by atomic mass is 10.0. The fourth-order valence-corrected chi connectivity index (χ4v) is 2.54. The zero-order valence-electron chi connectivity index (χ0n) is 10.7. The predicted molar refractivity (Wildman–Crippen MR) is 75.1 cm³/mol. The van der Waals surface area contributed by atoms with Crippen LogP contribution >= 0.6 is 15.9 Å². The summed E-state index contributed by atoms with van der Waals surface area (Å²) in [4.78, 5) is 13.6. The van der Waals surface area contributed by atoms with Crippen LogP contribution < -0.4 is 15.4 Å². The number of ether oxygens (including phenoxy) is 1. The Hall–Kier alpha value is -1.07. The summed E-state index contributed by atoms with van der Waals surface area (Å²) in [6.07, 6.45) is -0.594. The van der Waals surface area contributed by atoms with Crippen molar-refractivity contribution in [3.05, 3.63) is 22.2 Å². The molecule has 4 nitrogen and oxygen atoms in total. The van der Waals surface area contributed by atoms with E-state index in [-0.39, 0.29) is 12.5 Å². The van der Waals surface area contributed by atoms with Crippen LogP contribution in [0.1, 0.15) is 25.3 Å². The van der Waals surface area contributed by atoms with Crippen molar-refractivity contribution >= 4 is 27.5 Å². The fourth-order valence-electron chi connectivity index (χ4n) is 1.97. The predicted octanol–water partition coefficient (Wildman–Crippen LogP) is 2.25. The van der Waals surface area contributed by atoms with Gasteiger partial charge >= 0.3 is 0 Å². The van der Waals surface area contributed by atoms with Gasteiger partial charge < -0.3 is 15.4 Å². The number of hydrogen-bond donors (Lipinski definition) is 1. The summed E-state index contributed by atoms with van der Waals surface area (Å²) in [6.45, 7) is 4.41. The van der Waals surface area contributed by atoms with Crippen molar-refractivity contribution in [1.29, 1.82) is 0 Å². The Morgan fingerprint density at radius 2 is 2.17 bits per heavy atom. The highest BCUT2D eigenvalue weighted by atomic mass is 79.9. The van der Waals surface area contributed by atoms with Gasteiger partial charge in [-0.05, 0) is 39.5 Å². The molecular weight excluding hydrogens is 296 g/mol. The second-order valence-electron chi connectivity index (χ2n) is 4.75. The van der Waals surface area contributed by atoms with Crippen molar-refractivity contribution in [2.45, 2.75) is 25.9 Å². The van der Waals surface area contributed by atoms with Crippen LogP contribution in [0, 0.1) is 0 Å². The number of fused-ring (bicyclic) bond motifs is 1. The lowest BCUT2D eigenvalue weighted by Crippen LogP contribution is -2.47. The van der Waals surface area contributed by atoms with E-state index in [2.05, 4.69) is 29.8 Å². The van der Waals surface area contributed by atoms with Crippen molar-refractivity contribution in [2.75, 3.05) is 18.5 Å². The SMILES string of the molecule is CC(C)c1cc(Br)c2c(c1)N(C)C(=O)C(CN)O2. The standard InChI is InChI=1S/C13H17BrN2O2/c1-7(2)8-4-9(14)12-10(5-8)16(3)13(17)11(6-15)18-12/h4-5,7,11H,6,15H2,1-3H3. The minimum absolute atomic E-state index is 0.0993. The normalized spacial score (nSPS) is 18.9. The molecule has 5 heteroatoms. The third-order valence-electron chi connectivity index (χ3n) is 3.15. The summed E-state index contributed by atoms with van der Waals surface area (Å²) in [5.74, 6) is 0.983.